The zero-order chi connectivity index (χ0) is 15.1. The number of hydrogen-bond acceptors (Lipinski definition) is 5. The molecule has 1 aromatic rings. The minimum Gasteiger partial charge on any atom is -0.379 e. The number of ether oxygens (including phenoxy) is 1. The third kappa shape index (κ3) is 4.67. The lowest BCUT2D eigenvalue weighted by Gasteiger charge is -2.28. The van der Waals surface area contributed by atoms with Gasteiger partial charge in [0.15, 0.2) is 0 Å². The van der Waals surface area contributed by atoms with Gasteiger partial charge in [-0.2, -0.15) is 0 Å². The molecule has 0 spiro atoms. The van der Waals surface area contributed by atoms with Gasteiger partial charge in [0.25, 0.3) is 0 Å². The molecule has 2 N–H and O–H groups in total. The summed E-state index contributed by atoms with van der Waals surface area (Å²) >= 11 is 0. The molecular weight excluding hydrogens is 290 g/mol. The van der Waals surface area contributed by atoms with Crippen molar-refractivity contribution in [3.05, 3.63) is 30.3 Å². The summed E-state index contributed by atoms with van der Waals surface area (Å²) in [5, 5.41) is 0. The van der Waals surface area contributed by atoms with Crippen molar-refractivity contribution >= 4 is 15.7 Å². The van der Waals surface area contributed by atoms with E-state index in [-0.39, 0.29) is 5.88 Å². The number of sulfonamides is 1. The zero-order valence-electron chi connectivity index (χ0n) is 12.1. The molecule has 0 bridgehead atoms. The second kappa shape index (κ2) is 7.74. The lowest BCUT2D eigenvalue weighted by Crippen LogP contribution is -2.40. The van der Waals surface area contributed by atoms with Gasteiger partial charge in [-0.25, -0.2) is 8.42 Å². The van der Waals surface area contributed by atoms with Crippen LogP contribution in [0.5, 0.6) is 0 Å². The molecule has 1 aromatic carbocycles. The summed E-state index contributed by atoms with van der Waals surface area (Å²) in [5.74, 6) is -0.376. The summed E-state index contributed by atoms with van der Waals surface area (Å²) in [5.41, 5.74) is 6.07. The second-order valence-electron chi connectivity index (χ2n) is 4.99. The highest BCUT2D eigenvalue weighted by Crippen LogP contribution is 2.17. The average Bonchev–Trinajstić information content (AvgIpc) is 2.53. The molecule has 1 fully saturated rings. The first-order chi connectivity index (χ1) is 10.1. The van der Waals surface area contributed by atoms with Crippen LogP contribution in [0.25, 0.3) is 0 Å². The van der Waals surface area contributed by atoms with Crippen LogP contribution < -0.4 is 10.0 Å². The highest BCUT2D eigenvalue weighted by Gasteiger charge is 2.20. The van der Waals surface area contributed by atoms with Crippen LogP contribution in [0.1, 0.15) is 6.42 Å². The minimum absolute atomic E-state index is 0.376. The molecule has 0 unspecified atom stereocenters. The van der Waals surface area contributed by atoms with Gasteiger partial charge in [-0.3, -0.25) is 9.21 Å². The quantitative estimate of drug-likeness (QED) is 0.791. The molecule has 1 saturated heterocycles. The van der Waals surface area contributed by atoms with Crippen LogP contribution >= 0.6 is 0 Å². The zero-order valence-corrected chi connectivity index (χ0v) is 13.0. The summed E-state index contributed by atoms with van der Waals surface area (Å²) in [6.07, 6.45) is 0.772. The van der Waals surface area contributed by atoms with E-state index in [9.17, 15) is 8.42 Å². The van der Waals surface area contributed by atoms with Gasteiger partial charge in [-0.1, -0.05) is 18.2 Å². The van der Waals surface area contributed by atoms with E-state index in [1.165, 1.54) is 4.31 Å². The van der Waals surface area contributed by atoms with E-state index in [0.29, 0.717) is 12.2 Å². The maximum atomic E-state index is 12.1. The van der Waals surface area contributed by atoms with Crippen LogP contribution in [0.3, 0.4) is 0 Å². The molecule has 0 atom stereocenters. The van der Waals surface area contributed by atoms with Crippen molar-refractivity contribution in [2.24, 2.45) is 5.73 Å². The van der Waals surface area contributed by atoms with Crippen LogP contribution in [0, 0.1) is 0 Å². The van der Waals surface area contributed by atoms with E-state index >= 15 is 0 Å². The Morgan fingerprint density at radius 2 is 1.86 bits per heavy atom. The van der Waals surface area contributed by atoms with Crippen molar-refractivity contribution in [1.82, 2.24) is 4.90 Å². The summed E-state index contributed by atoms with van der Waals surface area (Å²) in [6, 6.07) is 9.11. The molecule has 6 nitrogen and oxygen atoms in total. The van der Waals surface area contributed by atoms with Gasteiger partial charge in [0, 0.05) is 26.2 Å². The van der Waals surface area contributed by atoms with Gasteiger partial charge in [0.05, 0.1) is 18.9 Å². The van der Waals surface area contributed by atoms with Gasteiger partial charge in [-0.15, -0.1) is 0 Å². The molecule has 21 heavy (non-hydrogen) atoms. The second-order valence-corrected chi connectivity index (χ2v) is 6.93. The molecule has 0 aliphatic carbocycles. The molecule has 0 saturated carbocycles. The molecule has 1 aliphatic heterocycles. The van der Waals surface area contributed by atoms with E-state index in [4.69, 9.17) is 10.5 Å². The minimum atomic E-state index is -3.45. The Bertz CT molecular complexity index is 516. The number of hydrogen-bond donors (Lipinski definition) is 1. The molecule has 0 amide bonds. The average molecular weight is 313 g/mol. The van der Waals surface area contributed by atoms with E-state index in [0.717, 1.165) is 39.3 Å². The van der Waals surface area contributed by atoms with Crippen LogP contribution in [-0.2, 0) is 14.8 Å². The predicted molar refractivity (Wildman–Crippen MR) is 83.6 cm³/mol. The van der Waals surface area contributed by atoms with Crippen LogP contribution in [0.4, 0.5) is 5.69 Å². The molecule has 1 heterocycles. The fraction of sp³-hybridized carbons (Fsp3) is 0.571. The molecule has 0 radical (unpaired) electrons. The standard InChI is InChI=1S/C14H23N3O3S/c15-13-21(18,19)17(14-5-2-1-3-6-14)8-4-7-16-9-11-20-12-10-16/h1-3,5-6H,4,7-13,15H2. The van der Waals surface area contributed by atoms with Gasteiger partial charge in [0.1, 0.15) is 5.88 Å². The number of rotatable bonds is 7. The number of morpholine rings is 1. The van der Waals surface area contributed by atoms with Crippen molar-refractivity contribution in [3.8, 4) is 0 Å². The number of nitrogens with zero attached hydrogens (tertiary/aromatic N) is 2. The third-order valence-electron chi connectivity index (χ3n) is 3.53. The lowest BCUT2D eigenvalue weighted by molar-refractivity contribution is 0.0377. The Kier molecular flexibility index (Phi) is 5.98. The van der Waals surface area contributed by atoms with Crippen LogP contribution in [0.2, 0.25) is 0 Å². The Morgan fingerprint density at radius 1 is 1.19 bits per heavy atom. The number of benzene rings is 1. The molecule has 2 rings (SSSR count). The smallest absolute Gasteiger partial charge is 0.248 e. The van der Waals surface area contributed by atoms with E-state index < -0.39 is 10.0 Å². The number of nitrogens with two attached hydrogens (primary N) is 1. The van der Waals surface area contributed by atoms with Crippen molar-refractivity contribution in [2.45, 2.75) is 6.42 Å². The van der Waals surface area contributed by atoms with Gasteiger partial charge in [-0.05, 0) is 18.6 Å². The normalized spacial score (nSPS) is 16.8. The van der Waals surface area contributed by atoms with Crippen LogP contribution in [-0.4, -0.2) is 58.6 Å². The van der Waals surface area contributed by atoms with Gasteiger partial charge >= 0.3 is 0 Å². The van der Waals surface area contributed by atoms with Crippen molar-refractivity contribution in [1.29, 1.82) is 0 Å². The van der Waals surface area contributed by atoms with E-state index in [1.807, 2.05) is 18.2 Å². The summed E-state index contributed by atoms with van der Waals surface area (Å²) in [6.45, 7) is 4.64. The van der Waals surface area contributed by atoms with Crippen LogP contribution in [0.15, 0.2) is 30.3 Å². The first-order valence-corrected chi connectivity index (χ1v) is 8.80. The SMILES string of the molecule is NCS(=O)(=O)N(CCCN1CCOCC1)c1ccccc1. The summed E-state index contributed by atoms with van der Waals surface area (Å²) < 4.78 is 31.0. The highest BCUT2D eigenvalue weighted by atomic mass is 32.2. The number of anilines is 1. The summed E-state index contributed by atoms with van der Waals surface area (Å²) in [4.78, 5) is 2.29. The maximum absolute atomic E-state index is 12.1. The van der Waals surface area contributed by atoms with E-state index in [1.54, 1.807) is 12.1 Å². The lowest BCUT2D eigenvalue weighted by atomic mass is 10.3. The fourth-order valence-electron chi connectivity index (χ4n) is 2.38. The van der Waals surface area contributed by atoms with Gasteiger partial charge < -0.3 is 10.5 Å². The molecular formula is C14H23N3O3S. The third-order valence-corrected chi connectivity index (χ3v) is 5.02. The fourth-order valence-corrected chi connectivity index (χ4v) is 3.41. The maximum Gasteiger partial charge on any atom is 0.248 e. The Morgan fingerprint density at radius 3 is 2.48 bits per heavy atom. The van der Waals surface area contributed by atoms with E-state index in [2.05, 4.69) is 4.90 Å². The van der Waals surface area contributed by atoms with Crippen molar-refractivity contribution in [2.75, 3.05) is 49.6 Å². The molecule has 1 aliphatic rings. The Hall–Kier alpha value is -1.15. The first kappa shape index (κ1) is 16.2. The molecule has 118 valence electrons. The predicted octanol–water partition coefficient (Wildman–Crippen LogP) is 0.461. The Labute approximate surface area is 126 Å². The number of para-hydroxylation sites is 1. The molecule has 7 heteroatoms. The first-order valence-electron chi connectivity index (χ1n) is 7.19. The highest BCUT2D eigenvalue weighted by molar-refractivity contribution is 7.92. The summed E-state index contributed by atoms with van der Waals surface area (Å²) in [7, 11) is -3.45. The topological polar surface area (TPSA) is 75.9 Å². The Balaban J connectivity index is 1.96. The van der Waals surface area contributed by atoms with Crippen molar-refractivity contribution < 1.29 is 13.2 Å². The molecule has 0 aromatic heterocycles. The van der Waals surface area contributed by atoms with Crippen molar-refractivity contribution in [3.63, 3.8) is 0 Å². The monoisotopic (exact) mass is 313 g/mol. The van der Waals surface area contributed by atoms with Gasteiger partial charge in [0.2, 0.25) is 10.0 Å². The largest absolute Gasteiger partial charge is 0.379 e.